The number of aromatic amines is 2. The summed E-state index contributed by atoms with van der Waals surface area (Å²) in [5.41, 5.74) is 4.59. The van der Waals surface area contributed by atoms with Gasteiger partial charge in [-0.1, -0.05) is 18.2 Å². The number of aromatic nitrogens is 3. The molecule has 0 amide bonds. The van der Waals surface area contributed by atoms with Gasteiger partial charge < -0.3 is 4.98 Å². The summed E-state index contributed by atoms with van der Waals surface area (Å²) in [6.07, 6.45) is 11.0. The number of ketones is 1. The Morgan fingerprint density at radius 1 is 1.27 bits per heavy atom. The van der Waals surface area contributed by atoms with Crippen LogP contribution in [0.2, 0.25) is 0 Å². The van der Waals surface area contributed by atoms with Crippen LogP contribution < -0.4 is 10.6 Å². The molecule has 0 saturated heterocycles. The van der Waals surface area contributed by atoms with E-state index in [1.165, 1.54) is 5.22 Å². The van der Waals surface area contributed by atoms with Crippen molar-refractivity contribution in [2.24, 2.45) is 4.99 Å². The van der Waals surface area contributed by atoms with Gasteiger partial charge in [-0.05, 0) is 55.7 Å². The molecule has 0 atom stereocenters. The Morgan fingerprint density at radius 3 is 3.00 bits per heavy atom. The first-order chi connectivity index (χ1) is 12.7. The summed E-state index contributed by atoms with van der Waals surface area (Å²) in [7, 11) is 0. The number of fused-ring (bicyclic) bond motifs is 1. The lowest BCUT2D eigenvalue weighted by atomic mass is 10.1. The second kappa shape index (κ2) is 6.96. The molecule has 130 valence electrons. The van der Waals surface area contributed by atoms with Crippen molar-refractivity contribution in [2.75, 3.05) is 0 Å². The summed E-state index contributed by atoms with van der Waals surface area (Å²) in [5.74, 6) is 0.0553. The third kappa shape index (κ3) is 3.42. The Kier molecular flexibility index (Phi) is 4.35. The third-order valence-corrected chi connectivity index (χ3v) is 4.53. The van der Waals surface area contributed by atoms with E-state index in [2.05, 4.69) is 33.4 Å². The van der Waals surface area contributed by atoms with E-state index in [9.17, 15) is 4.79 Å². The molecule has 5 heteroatoms. The zero-order chi connectivity index (χ0) is 17.9. The fourth-order valence-electron chi connectivity index (χ4n) is 3.16. The maximum atomic E-state index is 11.6. The largest absolute Gasteiger partial charge is 0.354 e. The van der Waals surface area contributed by atoms with Crippen LogP contribution in [-0.4, -0.2) is 26.7 Å². The van der Waals surface area contributed by atoms with E-state index in [1.54, 1.807) is 13.1 Å². The number of Topliss-reactive ketones (excluding diaryl/α,β-unsaturated/α-hetero) is 1. The van der Waals surface area contributed by atoms with Gasteiger partial charge in [0.1, 0.15) is 0 Å². The number of hydrogen-bond donors (Lipinski definition) is 2. The highest BCUT2D eigenvalue weighted by molar-refractivity contribution is 6.11. The lowest BCUT2D eigenvalue weighted by Crippen LogP contribution is -2.24. The van der Waals surface area contributed by atoms with Crippen LogP contribution in [0.3, 0.4) is 0 Å². The summed E-state index contributed by atoms with van der Waals surface area (Å²) in [4.78, 5) is 19.9. The smallest absolute Gasteiger partial charge is 0.159 e. The van der Waals surface area contributed by atoms with Crippen molar-refractivity contribution in [2.45, 2.75) is 26.2 Å². The quantitative estimate of drug-likeness (QED) is 0.717. The van der Waals surface area contributed by atoms with Gasteiger partial charge in [-0.15, -0.1) is 0 Å². The highest BCUT2D eigenvalue weighted by Crippen LogP contribution is 2.17. The van der Waals surface area contributed by atoms with Gasteiger partial charge in [-0.2, -0.15) is 5.10 Å². The standard InChI is InChI=1S/C21H20N4O/c1-14(26)15-6-4-8-18(9-15)24-19-7-3-2-5-16-10-20(25-21(16)11-19)17-12-22-23-13-17/h4-6,8-13,25H,2-3,7H2,1H3,(H,22,23)/b16-5-,21-11?,24-19?. The van der Waals surface area contributed by atoms with Gasteiger partial charge in [-0.3, -0.25) is 14.9 Å². The van der Waals surface area contributed by atoms with E-state index in [1.807, 2.05) is 30.5 Å². The van der Waals surface area contributed by atoms with E-state index in [0.29, 0.717) is 5.56 Å². The van der Waals surface area contributed by atoms with Gasteiger partial charge >= 0.3 is 0 Å². The number of H-pyrrole nitrogens is 2. The van der Waals surface area contributed by atoms with Crippen LogP contribution in [0.5, 0.6) is 0 Å². The fourth-order valence-corrected chi connectivity index (χ4v) is 3.16. The SMILES string of the molecule is CC(=O)c1cccc(N=C2C=c3[nH]c(-c4cn[nH]c4)c/c3=C/CCC2)c1. The average molecular weight is 344 g/mol. The molecule has 0 saturated carbocycles. The van der Waals surface area contributed by atoms with Crippen molar-refractivity contribution in [3.8, 4) is 11.3 Å². The van der Waals surface area contributed by atoms with E-state index in [0.717, 1.165) is 47.3 Å². The van der Waals surface area contributed by atoms with Crippen LogP contribution in [0.1, 0.15) is 36.5 Å². The minimum atomic E-state index is 0.0553. The summed E-state index contributed by atoms with van der Waals surface area (Å²) in [5, 5.41) is 9.11. The summed E-state index contributed by atoms with van der Waals surface area (Å²) in [6.45, 7) is 1.58. The third-order valence-electron chi connectivity index (χ3n) is 4.53. The molecule has 2 heterocycles. The van der Waals surface area contributed by atoms with E-state index < -0.39 is 0 Å². The molecule has 0 unspecified atom stereocenters. The van der Waals surface area contributed by atoms with Gasteiger partial charge in [0.05, 0.1) is 11.9 Å². The van der Waals surface area contributed by atoms with E-state index in [-0.39, 0.29) is 5.78 Å². The van der Waals surface area contributed by atoms with Crippen molar-refractivity contribution in [1.29, 1.82) is 0 Å². The molecule has 0 radical (unpaired) electrons. The lowest BCUT2D eigenvalue weighted by molar-refractivity contribution is 0.101. The molecule has 0 bridgehead atoms. The minimum Gasteiger partial charge on any atom is -0.354 e. The molecule has 0 spiro atoms. The first kappa shape index (κ1) is 16.3. The van der Waals surface area contributed by atoms with Gasteiger partial charge in [0, 0.05) is 34.1 Å². The van der Waals surface area contributed by atoms with Gasteiger partial charge in [0.2, 0.25) is 0 Å². The first-order valence-corrected chi connectivity index (χ1v) is 8.78. The average Bonchev–Trinajstić information content (AvgIpc) is 3.27. The van der Waals surface area contributed by atoms with E-state index >= 15 is 0 Å². The van der Waals surface area contributed by atoms with Crippen LogP contribution >= 0.6 is 0 Å². The normalized spacial score (nSPS) is 16.8. The number of rotatable bonds is 3. The van der Waals surface area contributed by atoms with Crippen LogP contribution in [0.15, 0.2) is 47.7 Å². The number of aliphatic imine (C=N–C) groups is 1. The summed E-state index contributed by atoms with van der Waals surface area (Å²) in [6, 6.07) is 9.63. The summed E-state index contributed by atoms with van der Waals surface area (Å²) >= 11 is 0. The Balaban J connectivity index is 1.77. The first-order valence-electron chi connectivity index (χ1n) is 8.78. The van der Waals surface area contributed by atoms with Crippen molar-refractivity contribution in [3.05, 3.63) is 58.9 Å². The molecule has 3 aromatic rings. The van der Waals surface area contributed by atoms with Crippen LogP contribution in [-0.2, 0) is 0 Å². The zero-order valence-corrected chi connectivity index (χ0v) is 14.6. The number of nitrogens with one attached hydrogen (secondary N) is 2. The van der Waals surface area contributed by atoms with Gasteiger partial charge in [0.15, 0.2) is 5.78 Å². The Morgan fingerprint density at radius 2 is 2.19 bits per heavy atom. The monoisotopic (exact) mass is 344 g/mol. The molecular formula is C21H20N4O. The molecule has 1 aliphatic carbocycles. The minimum absolute atomic E-state index is 0.0553. The molecule has 1 aromatic carbocycles. The predicted molar refractivity (Wildman–Crippen MR) is 104 cm³/mol. The predicted octanol–water partition coefficient (Wildman–Crippen LogP) is 3.13. The Bertz CT molecular complexity index is 1090. The molecule has 4 rings (SSSR count). The highest BCUT2D eigenvalue weighted by Gasteiger charge is 2.06. The maximum Gasteiger partial charge on any atom is 0.159 e. The van der Waals surface area contributed by atoms with E-state index in [4.69, 9.17) is 4.99 Å². The van der Waals surface area contributed by atoms with Crippen molar-refractivity contribution >= 4 is 29.3 Å². The van der Waals surface area contributed by atoms with Crippen LogP contribution in [0.4, 0.5) is 5.69 Å². The molecule has 2 aromatic heterocycles. The fraction of sp³-hybridized carbons (Fsp3) is 0.190. The van der Waals surface area contributed by atoms with Crippen LogP contribution in [0.25, 0.3) is 23.4 Å². The second-order valence-corrected chi connectivity index (χ2v) is 6.49. The highest BCUT2D eigenvalue weighted by atomic mass is 16.1. The van der Waals surface area contributed by atoms with Crippen molar-refractivity contribution in [3.63, 3.8) is 0 Å². The van der Waals surface area contributed by atoms with Crippen molar-refractivity contribution in [1.82, 2.24) is 15.2 Å². The molecule has 1 aliphatic rings. The molecule has 5 nitrogen and oxygen atoms in total. The topological polar surface area (TPSA) is 73.9 Å². The Hall–Kier alpha value is -3.21. The lowest BCUT2D eigenvalue weighted by Gasteiger charge is -2.04. The molecule has 26 heavy (non-hydrogen) atoms. The Labute approximate surface area is 151 Å². The number of nitrogens with zero attached hydrogens (tertiary/aromatic N) is 2. The zero-order valence-electron chi connectivity index (χ0n) is 14.6. The molecule has 0 fully saturated rings. The van der Waals surface area contributed by atoms with Gasteiger partial charge in [-0.25, -0.2) is 0 Å². The molecule has 0 aliphatic heterocycles. The second-order valence-electron chi connectivity index (χ2n) is 6.49. The van der Waals surface area contributed by atoms with Gasteiger partial charge in [0.25, 0.3) is 0 Å². The molecular weight excluding hydrogens is 324 g/mol. The number of carbonyl (C=O) groups is 1. The molecule has 2 N–H and O–H groups in total. The van der Waals surface area contributed by atoms with Crippen LogP contribution in [0, 0.1) is 0 Å². The number of hydrogen-bond acceptors (Lipinski definition) is 3. The maximum absolute atomic E-state index is 11.6. The summed E-state index contributed by atoms with van der Waals surface area (Å²) < 4.78 is 0. The van der Waals surface area contributed by atoms with Crippen molar-refractivity contribution < 1.29 is 4.79 Å². The number of carbonyl (C=O) groups excluding carboxylic acids is 1. The number of benzene rings is 1.